The molecule has 7 nitrogen and oxygen atoms in total. The van der Waals surface area contributed by atoms with Gasteiger partial charge in [0.1, 0.15) is 23.0 Å². The molecule has 0 fully saturated rings. The van der Waals surface area contributed by atoms with Gasteiger partial charge in [-0.2, -0.15) is 0 Å². The van der Waals surface area contributed by atoms with Crippen molar-refractivity contribution in [2.24, 2.45) is 4.99 Å². The third kappa shape index (κ3) is 7.88. The van der Waals surface area contributed by atoms with E-state index in [4.69, 9.17) is 18.9 Å². The van der Waals surface area contributed by atoms with E-state index in [1.165, 1.54) is 0 Å². The van der Waals surface area contributed by atoms with Gasteiger partial charge in [-0.05, 0) is 18.6 Å². The zero-order valence-corrected chi connectivity index (χ0v) is 19.7. The summed E-state index contributed by atoms with van der Waals surface area (Å²) in [6.45, 7) is 1.87. The normalized spacial score (nSPS) is 10.6. The molecule has 0 aliphatic heterocycles. The molecule has 0 aliphatic carbocycles. The third-order valence-corrected chi connectivity index (χ3v) is 4.10. The van der Waals surface area contributed by atoms with E-state index in [1.807, 2.05) is 42.5 Å². The Morgan fingerprint density at radius 3 is 2.10 bits per heavy atom. The van der Waals surface area contributed by atoms with E-state index in [1.54, 1.807) is 28.4 Å². The minimum absolute atomic E-state index is 0. The van der Waals surface area contributed by atoms with E-state index in [0.29, 0.717) is 36.4 Å². The number of para-hydroxylation sites is 1. The topological polar surface area (TPSA) is 73.3 Å². The molecule has 0 saturated heterocycles. The van der Waals surface area contributed by atoms with Crippen molar-refractivity contribution in [2.45, 2.75) is 13.0 Å². The third-order valence-electron chi connectivity index (χ3n) is 4.10. The molecule has 29 heavy (non-hydrogen) atoms. The van der Waals surface area contributed by atoms with Gasteiger partial charge in [0, 0.05) is 25.7 Å². The van der Waals surface area contributed by atoms with E-state index in [2.05, 4.69) is 15.6 Å². The summed E-state index contributed by atoms with van der Waals surface area (Å²) in [5.74, 6) is 3.63. The zero-order valence-electron chi connectivity index (χ0n) is 17.4. The number of methoxy groups -OCH3 is 3. The SMILES string of the molecule is CN=C(NCCCOc1ccccc1)NCc1c(OC)cc(OC)cc1OC.I. The fourth-order valence-electron chi connectivity index (χ4n) is 2.63. The highest BCUT2D eigenvalue weighted by atomic mass is 127. The van der Waals surface area contributed by atoms with E-state index < -0.39 is 0 Å². The first-order valence-corrected chi connectivity index (χ1v) is 9.13. The molecular weight excluding hydrogens is 485 g/mol. The number of benzene rings is 2. The number of guanidine groups is 1. The summed E-state index contributed by atoms with van der Waals surface area (Å²) in [4.78, 5) is 4.25. The molecule has 0 aliphatic rings. The molecule has 0 saturated carbocycles. The molecule has 8 heteroatoms. The maximum Gasteiger partial charge on any atom is 0.191 e. The molecule has 2 aromatic rings. The summed E-state index contributed by atoms with van der Waals surface area (Å²) in [7, 11) is 6.59. The highest BCUT2D eigenvalue weighted by Gasteiger charge is 2.13. The summed E-state index contributed by atoms with van der Waals surface area (Å²) in [5.41, 5.74) is 0.890. The van der Waals surface area contributed by atoms with Crippen LogP contribution in [0.15, 0.2) is 47.5 Å². The number of ether oxygens (including phenoxy) is 4. The molecule has 0 spiro atoms. The average molecular weight is 515 g/mol. The van der Waals surface area contributed by atoms with Crippen LogP contribution < -0.4 is 29.6 Å². The second-order valence-electron chi connectivity index (χ2n) is 5.88. The Bertz CT molecular complexity index is 732. The van der Waals surface area contributed by atoms with Crippen molar-refractivity contribution in [3.63, 3.8) is 0 Å². The summed E-state index contributed by atoms with van der Waals surface area (Å²) in [5, 5.41) is 6.55. The van der Waals surface area contributed by atoms with Gasteiger partial charge in [0.25, 0.3) is 0 Å². The van der Waals surface area contributed by atoms with Crippen LogP contribution in [-0.2, 0) is 6.54 Å². The second kappa shape index (κ2) is 13.8. The fraction of sp³-hybridized carbons (Fsp3) is 0.381. The highest BCUT2D eigenvalue weighted by Crippen LogP contribution is 2.33. The number of nitrogens with one attached hydrogen (secondary N) is 2. The van der Waals surface area contributed by atoms with E-state index in [-0.39, 0.29) is 24.0 Å². The molecule has 0 bridgehead atoms. The first-order valence-electron chi connectivity index (χ1n) is 9.13. The Morgan fingerprint density at radius 2 is 1.55 bits per heavy atom. The van der Waals surface area contributed by atoms with Crippen LogP contribution in [0.3, 0.4) is 0 Å². The first kappa shape index (κ1) is 24.7. The van der Waals surface area contributed by atoms with Crippen molar-refractivity contribution in [3.8, 4) is 23.0 Å². The second-order valence-corrected chi connectivity index (χ2v) is 5.88. The predicted octanol–water partition coefficient (Wildman–Crippen LogP) is 3.46. The van der Waals surface area contributed by atoms with E-state index in [9.17, 15) is 0 Å². The van der Waals surface area contributed by atoms with Crippen molar-refractivity contribution in [3.05, 3.63) is 48.0 Å². The minimum Gasteiger partial charge on any atom is -0.496 e. The summed E-state index contributed by atoms with van der Waals surface area (Å²) in [6.07, 6.45) is 0.852. The molecule has 160 valence electrons. The Balaban J connectivity index is 0.00000420. The van der Waals surface area contributed by atoms with Crippen LogP contribution in [0.25, 0.3) is 0 Å². The molecule has 0 unspecified atom stereocenters. The minimum atomic E-state index is 0. The van der Waals surface area contributed by atoms with Crippen molar-refractivity contribution in [1.82, 2.24) is 10.6 Å². The Morgan fingerprint density at radius 1 is 0.897 bits per heavy atom. The Labute approximate surface area is 189 Å². The maximum atomic E-state index is 5.69. The lowest BCUT2D eigenvalue weighted by molar-refractivity contribution is 0.311. The van der Waals surface area contributed by atoms with Gasteiger partial charge in [-0.25, -0.2) is 0 Å². The number of nitrogens with zero attached hydrogens (tertiary/aromatic N) is 1. The summed E-state index contributed by atoms with van der Waals surface area (Å²) < 4.78 is 21.9. The lowest BCUT2D eigenvalue weighted by atomic mass is 10.1. The first-order chi connectivity index (χ1) is 13.7. The van der Waals surface area contributed by atoms with Crippen molar-refractivity contribution in [1.29, 1.82) is 0 Å². The Kier molecular flexibility index (Phi) is 11.7. The standard InChI is InChI=1S/C21H29N3O4.HI/c1-22-21(23-11-8-12-28-16-9-6-5-7-10-16)24-15-18-19(26-3)13-17(25-2)14-20(18)27-4;/h5-7,9-10,13-14H,8,11-12,15H2,1-4H3,(H2,22,23,24);1H. The largest absolute Gasteiger partial charge is 0.496 e. The van der Waals surface area contributed by atoms with Crippen LogP contribution >= 0.6 is 24.0 Å². The average Bonchev–Trinajstić information content (AvgIpc) is 2.75. The Hall–Kier alpha value is -2.36. The number of hydrogen-bond acceptors (Lipinski definition) is 5. The monoisotopic (exact) mass is 515 g/mol. The van der Waals surface area contributed by atoms with Crippen molar-refractivity contribution >= 4 is 29.9 Å². The molecule has 0 heterocycles. The molecule has 2 rings (SSSR count). The zero-order chi connectivity index (χ0) is 20.2. The van der Waals surface area contributed by atoms with E-state index in [0.717, 1.165) is 24.3 Å². The van der Waals surface area contributed by atoms with Crippen LogP contribution in [0.2, 0.25) is 0 Å². The fourth-order valence-corrected chi connectivity index (χ4v) is 2.63. The highest BCUT2D eigenvalue weighted by molar-refractivity contribution is 14.0. The predicted molar refractivity (Wildman–Crippen MR) is 126 cm³/mol. The molecule has 0 radical (unpaired) electrons. The molecular formula is C21H30IN3O4. The molecule has 0 amide bonds. The summed E-state index contributed by atoms with van der Waals surface area (Å²) in [6, 6.07) is 13.4. The molecule has 0 aromatic heterocycles. The van der Waals surface area contributed by atoms with Crippen LogP contribution in [0.4, 0.5) is 0 Å². The lowest BCUT2D eigenvalue weighted by Crippen LogP contribution is -2.37. The quantitative estimate of drug-likeness (QED) is 0.219. The van der Waals surface area contributed by atoms with Gasteiger partial charge in [-0.1, -0.05) is 18.2 Å². The van der Waals surface area contributed by atoms with Crippen LogP contribution in [0.5, 0.6) is 23.0 Å². The van der Waals surface area contributed by atoms with Gasteiger partial charge >= 0.3 is 0 Å². The van der Waals surface area contributed by atoms with Gasteiger partial charge < -0.3 is 29.6 Å². The van der Waals surface area contributed by atoms with Gasteiger partial charge in [-0.15, -0.1) is 24.0 Å². The van der Waals surface area contributed by atoms with E-state index >= 15 is 0 Å². The van der Waals surface area contributed by atoms with Gasteiger partial charge in [0.2, 0.25) is 0 Å². The number of halogens is 1. The van der Waals surface area contributed by atoms with Gasteiger partial charge in [-0.3, -0.25) is 4.99 Å². The maximum absolute atomic E-state index is 5.69. The lowest BCUT2D eigenvalue weighted by Gasteiger charge is -2.17. The van der Waals surface area contributed by atoms with Crippen LogP contribution in [0.1, 0.15) is 12.0 Å². The van der Waals surface area contributed by atoms with Crippen LogP contribution in [-0.4, -0.2) is 47.5 Å². The number of aliphatic imine (C=N–C) groups is 1. The van der Waals surface area contributed by atoms with Gasteiger partial charge in [0.05, 0.1) is 40.0 Å². The van der Waals surface area contributed by atoms with Gasteiger partial charge in [0.15, 0.2) is 5.96 Å². The summed E-state index contributed by atoms with van der Waals surface area (Å²) >= 11 is 0. The molecule has 2 N–H and O–H groups in total. The molecule has 0 atom stereocenters. The smallest absolute Gasteiger partial charge is 0.191 e. The van der Waals surface area contributed by atoms with Crippen molar-refractivity contribution in [2.75, 3.05) is 41.5 Å². The van der Waals surface area contributed by atoms with Crippen molar-refractivity contribution < 1.29 is 18.9 Å². The number of hydrogen-bond donors (Lipinski definition) is 2. The molecule has 2 aromatic carbocycles. The van der Waals surface area contributed by atoms with Crippen LogP contribution in [0, 0.1) is 0 Å². The number of rotatable bonds is 10.